The van der Waals surface area contributed by atoms with E-state index in [0.717, 1.165) is 0 Å². The third-order valence-corrected chi connectivity index (χ3v) is 4.07. The van der Waals surface area contributed by atoms with E-state index in [-0.39, 0.29) is 5.41 Å². The molecule has 0 N–H and O–H groups in total. The minimum atomic E-state index is 0.190. The van der Waals surface area contributed by atoms with E-state index in [4.69, 9.17) is 0 Å². The lowest BCUT2D eigenvalue weighted by atomic mass is 9.83. The standard InChI is InChI=1S/C18H21N/c1-12-10-17-14(11-15(12)18(2,3)4)13-8-6-7-9-16(13)19(17)5/h6-11H,1-5H3. The van der Waals surface area contributed by atoms with Crippen LogP contribution in [0.3, 0.4) is 0 Å². The Labute approximate surface area is 114 Å². The Kier molecular flexibility index (Phi) is 2.50. The maximum atomic E-state index is 2.38. The topological polar surface area (TPSA) is 4.93 Å². The lowest BCUT2D eigenvalue weighted by Gasteiger charge is -2.22. The van der Waals surface area contributed by atoms with Crippen molar-refractivity contribution in [2.24, 2.45) is 7.05 Å². The highest BCUT2D eigenvalue weighted by atomic mass is 14.9. The number of aromatic nitrogens is 1. The average molecular weight is 251 g/mol. The van der Waals surface area contributed by atoms with Gasteiger partial charge in [0.15, 0.2) is 0 Å². The zero-order valence-corrected chi connectivity index (χ0v) is 12.4. The number of hydrogen-bond donors (Lipinski definition) is 0. The predicted octanol–water partition coefficient (Wildman–Crippen LogP) is 4.94. The van der Waals surface area contributed by atoms with Gasteiger partial charge in [-0.2, -0.15) is 0 Å². The molecule has 1 aromatic heterocycles. The minimum Gasteiger partial charge on any atom is -0.344 e. The summed E-state index contributed by atoms with van der Waals surface area (Å²) >= 11 is 0. The Hall–Kier alpha value is -1.76. The van der Waals surface area contributed by atoms with E-state index in [0.29, 0.717) is 0 Å². The smallest absolute Gasteiger partial charge is 0.0491 e. The third-order valence-electron chi connectivity index (χ3n) is 4.07. The summed E-state index contributed by atoms with van der Waals surface area (Å²) in [5, 5.41) is 2.72. The second-order valence-corrected chi connectivity index (χ2v) is 6.51. The van der Waals surface area contributed by atoms with Crippen LogP contribution in [0.2, 0.25) is 0 Å². The fraction of sp³-hybridized carbons (Fsp3) is 0.333. The Balaban J connectivity index is 2.49. The van der Waals surface area contributed by atoms with Gasteiger partial charge in [-0.05, 0) is 41.7 Å². The van der Waals surface area contributed by atoms with Crippen LogP contribution in [0.5, 0.6) is 0 Å². The number of fused-ring (bicyclic) bond motifs is 3. The highest BCUT2D eigenvalue weighted by Gasteiger charge is 2.18. The Morgan fingerprint density at radius 2 is 1.58 bits per heavy atom. The van der Waals surface area contributed by atoms with Gasteiger partial charge in [0.25, 0.3) is 0 Å². The van der Waals surface area contributed by atoms with Crippen molar-refractivity contribution in [3.05, 3.63) is 47.5 Å². The quantitative estimate of drug-likeness (QED) is 0.533. The number of hydrogen-bond acceptors (Lipinski definition) is 0. The first-order valence-corrected chi connectivity index (χ1v) is 6.88. The first-order valence-electron chi connectivity index (χ1n) is 6.88. The molecule has 0 spiro atoms. The van der Waals surface area contributed by atoms with Crippen molar-refractivity contribution in [3.63, 3.8) is 0 Å². The summed E-state index contributed by atoms with van der Waals surface area (Å²) in [5.41, 5.74) is 5.65. The molecule has 19 heavy (non-hydrogen) atoms. The van der Waals surface area contributed by atoms with Gasteiger partial charge in [-0.1, -0.05) is 39.0 Å². The average Bonchev–Trinajstić information content (AvgIpc) is 2.61. The normalized spacial score (nSPS) is 12.5. The molecule has 0 amide bonds. The maximum Gasteiger partial charge on any atom is 0.0491 e. The second kappa shape index (κ2) is 3.86. The molecule has 2 aromatic carbocycles. The van der Waals surface area contributed by atoms with Crippen molar-refractivity contribution in [1.29, 1.82) is 0 Å². The molecule has 0 aliphatic rings. The van der Waals surface area contributed by atoms with Crippen molar-refractivity contribution in [1.82, 2.24) is 4.57 Å². The van der Waals surface area contributed by atoms with Gasteiger partial charge in [-0.15, -0.1) is 0 Å². The van der Waals surface area contributed by atoms with E-state index in [1.54, 1.807) is 0 Å². The molecule has 1 heterocycles. The number of aryl methyl sites for hydroxylation is 2. The summed E-state index contributed by atoms with van der Waals surface area (Å²) < 4.78 is 2.30. The molecular weight excluding hydrogens is 230 g/mol. The molecule has 0 atom stereocenters. The molecule has 1 nitrogen and oxygen atoms in total. The molecule has 0 bridgehead atoms. The van der Waals surface area contributed by atoms with Crippen molar-refractivity contribution >= 4 is 21.8 Å². The second-order valence-electron chi connectivity index (χ2n) is 6.51. The van der Waals surface area contributed by atoms with Gasteiger partial charge in [0.05, 0.1) is 0 Å². The molecule has 0 saturated heterocycles. The molecular formula is C18H21N. The van der Waals surface area contributed by atoms with Gasteiger partial charge in [-0.3, -0.25) is 0 Å². The molecule has 0 fully saturated rings. The van der Waals surface area contributed by atoms with E-state index in [1.165, 1.54) is 32.9 Å². The fourth-order valence-corrected chi connectivity index (χ4v) is 3.12. The Bertz CT molecular complexity index is 770. The van der Waals surface area contributed by atoms with Crippen molar-refractivity contribution < 1.29 is 0 Å². The summed E-state index contributed by atoms with van der Waals surface area (Å²) in [4.78, 5) is 0. The van der Waals surface area contributed by atoms with Crippen LogP contribution in [0, 0.1) is 6.92 Å². The van der Waals surface area contributed by atoms with E-state index in [9.17, 15) is 0 Å². The van der Waals surface area contributed by atoms with Gasteiger partial charge in [-0.25, -0.2) is 0 Å². The van der Waals surface area contributed by atoms with Crippen molar-refractivity contribution in [2.75, 3.05) is 0 Å². The maximum absolute atomic E-state index is 2.38. The van der Waals surface area contributed by atoms with Crippen molar-refractivity contribution in [3.8, 4) is 0 Å². The largest absolute Gasteiger partial charge is 0.344 e. The van der Waals surface area contributed by atoms with Crippen LogP contribution >= 0.6 is 0 Å². The molecule has 3 rings (SSSR count). The number of rotatable bonds is 0. The van der Waals surface area contributed by atoms with Crippen LogP contribution in [0.15, 0.2) is 36.4 Å². The van der Waals surface area contributed by atoms with Crippen LogP contribution < -0.4 is 0 Å². The van der Waals surface area contributed by atoms with Crippen LogP contribution in [0.25, 0.3) is 21.8 Å². The lowest BCUT2D eigenvalue weighted by Crippen LogP contribution is -2.12. The zero-order chi connectivity index (χ0) is 13.8. The number of nitrogens with zero attached hydrogens (tertiary/aromatic N) is 1. The van der Waals surface area contributed by atoms with Gasteiger partial charge in [0.2, 0.25) is 0 Å². The minimum absolute atomic E-state index is 0.190. The highest BCUT2D eigenvalue weighted by molar-refractivity contribution is 6.08. The summed E-state index contributed by atoms with van der Waals surface area (Å²) in [6, 6.07) is 13.4. The molecule has 98 valence electrons. The molecule has 3 aromatic rings. The van der Waals surface area contributed by atoms with Crippen LogP contribution in [0.4, 0.5) is 0 Å². The first kappa shape index (κ1) is 12.3. The fourth-order valence-electron chi connectivity index (χ4n) is 3.12. The molecule has 0 radical (unpaired) electrons. The SMILES string of the molecule is Cc1cc2c(cc1C(C)(C)C)c1ccccc1n2C. The molecule has 0 aliphatic carbocycles. The molecule has 0 saturated carbocycles. The van der Waals surface area contributed by atoms with Gasteiger partial charge in [0, 0.05) is 28.9 Å². The van der Waals surface area contributed by atoms with E-state index in [1.807, 2.05) is 0 Å². The zero-order valence-electron chi connectivity index (χ0n) is 12.4. The summed E-state index contributed by atoms with van der Waals surface area (Å²) in [5.74, 6) is 0. The predicted molar refractivity (Wildman–Crippen MR) is 83.9 cm³/mol. The molecule has 0 unspecified atom stereocenters. The van der Waals surface area contributed by atoms with E-state index in [2.05, 4.69) is 75.7 Å². The molecule has 1 heteroatoms. The van der Waals surface area contributed by atoms with Crippen LogP contribution in [0.1, 0.15) is 31.9 Å². The molecule has 0 aliphatic heterocycles. The first-order chi connectivity index (χ1) is 8.89. The number of para-hydroxylation sites is 1. The van der Waals surface area contributed by atoms with Crippen molar-refractivity contribution in [2.45, 2.75) is 33.1 Å². The monoisotopic (exact) mass is 251 g/mol. The Morgan fingerprint density at radius 1 is 0.895 bits per heavy atom. The third kappa shape index (κ3) is 1.76. The summed E-state index contributed by atoms with van der Waals surface area (Å²) in [6.45, 7) is 9.07. The van der Waals surface area contributed by atoms with Gasteiger partial charge >= 0.3 is 0 Å². The van der Waals surface area contributed by atoms with Gasteiger partial charge in [0.1, 0.15) is 0 Å². The Morgan fingerprint density at radius 3 is 2.26 bits per heavy atom. The van der Waals surface area contributed by atoms with E-state index < -0.39 is 0 Å². The lowest BCUT2D eigenvalue weighted by molar-refractivity contribution is 0.587. The number of benzene rings is 2. The summed E-state index contributed by atoms with van der Waals surface area (Å²) in [6.07, 6.45) is 0. The van der Waals surface area contributed by atoms with Gasteiger partial charge < -0.3 is 4.57 Å². The highest BCUT2D eigenvalue weighted by Crippen LogP contribution is 2.34. The van der Waals surface area contributed by atoms with Crippen LogP contribution in [-0.4, -0.2) is 4.57 Å². The van der Waals surface area contributed by atoms with Crippen LogP contribution in [-0.2, 0) is 12.5 Å². The van der Waals surface area contributed by atoms with E-state index >= 15 is 0 Å². The summed E-state index contributed by atoms with van der Waals surface area (Å²) in [7, 11) is 2.15.